The Morgan fingerprint density at radius 1 is 1.35 bits per heavy atom. The highest BCUT2D eigenvalue weighted by Crippen LogP contribution is 2.37. The van der Waals surface area contributed by atoms with Gasteiger partial charge in [0.1, 0.15) is 15.5 Å². The van der Waals surface area contributed by atoms with Crippen LogP contribution >= 0.6 is 11.3 Å². The van der Waals surface area contributed by atoms with Crippen LogP contribution in [0.1, 0.15) is 27.1 Å². The third-order valence-electron chi connectivity index (χ3n) is 5.57. The van der Waals surface area contributed by atoms with Crippen molar-refractivity contribution in [1.29, 1.82) is 0 Å². The van der Waals surface area contributed by atoms with Gasteiger partial charge < -0.3 is 19.2 Å². The van der Waals surface area contributed by atoms with Gasteiger partial charge in [0.05, 0.1) is 26.4 Å². The van der Waals surface area contributed by atoms with E-state index in [1.54, 1.807) is 20.4 Å². The molecule has 0 spiro atoms. The van der Waals surface area contributed by atoms with Crippen LogP contribution in [0.3, 0.4) is 0 Å². The largest absolute Gasteiger partial charge is 0.493 e. The zero-order valence-electron chi connectivity index (χ0n) is 17.4. The SMILES string of the molecule is CNC(=O)c1sc2ncccc2c1[C@H]1CN(Cc2cc3cccc(OC)c3o2)CCO1. The van der Waals surface area contributed by atoms with Crippen LogP contribution in [0.5, 0.6) is 5.75 Å². The number of carbonyl (C=O) groups is 1. The predicted octanol–water partition coefficient (Wildman–Crippen LogP) is 3.98. The number of nitrogens with one attached hydrogen (secondary N) is 1. The molecule has 1 aliphatic rings. The second kappa shape index (κ2) is 8.30. The molecule has 4 aromatic rings. The number of carbonyl (C=O) groups excluding carboxylic acids is 1. The van der Waals surface area contributed by atoms with Crippen LogP contribution in [-0.4, -0.2) is 49.6 Å². The van der Waals surface area contributed by atoms with Gasteiger partial charge in [-0.2, -0.15) is 0 Å². The average molecular weight is 438 g/mol. The second-order valence-electron chi connectivity index (χ2n) is 7.47. The lowest BCUT2D eigenvalue weighted by molar-refractivity contribution is -0.0339. The van der Waals surface area contributed by atoms with E-state index in [0.29, 0.717) is 24.6 Å². The fourth-order valence-corrected chi connectivity index (χ4v) is 5.26. The Hall–Kier alpha value is -2.94. The highest BCUT2D eigenvalue weighted by molar-refractivity contribution is 7.20. The van der Waals surface area contributed by atoms with Crippen molar-refractivity contribution >= 4 is 38.4 Å². The molecule has 3 aromatic heterocycles. The zero-order chi connectivity index (χ0) is 21.4. The van der Waals surface area contributed by atoms with E-state index in [-0.39, 0.29) is 12.0 Å². The van der Waals surface area contributed by atoms with Gasteiger partial charge in [0.2, 0.25) is 0 Å². The number of pyridine rings is 1. The molecule has 160 valence electrons. The molecule has 7 nitrogen and oxygen atoms in total. The number of rotatable bonds is 5. The van der Waals surface area contributed by atoms with Crippen LogP contribution in [-0.2, 0) is 11.3 Å². The normalized spacial score (nSPS) is 17.3. The van der Waals surface area contributed by atoms with Gasteiger partial charge in [0.15, 0.2) is 11.3 Å². The summed E-state index contributed by atoms with van der Waals surface area (Å²) in [5.41, 5.74) is 1.69. The van der Waals surface area contributed by atoms with Crippen LogP contribution in [0, 0.1) is 0 Å². The molecule has 0 saturated carbocycles. The number of benzene rings is 1. The Morgan fingerprint density at radius 2 is 2.26 bits per heavy atom. The van der Waals surface area contributed by atoms with E-state index in [0.717, 1.165) is 44.8 Å². The number of morpholine rings is 1. The summed E-state index contributed by atoms with van der Waals surface area (Å²) in [7, 11) is 3.29. The van der Waals surface area contributed by atoms with Crippen LogP contribution in [0.15, 0.2) is 47.0 Å². The summed E-state index contributed by atoms with van der Waals surface area (Å²) in [4.78, 5) is 20.8. The van der Waals surface area contributed by atoms with E-state index in [1.165, 1.54) is 11.3 Å². The molecule has 1 aliphatic heterocycles. The van der Waals surface area contributed by atoms with E-state index < -0.39 is 0 Å². The van der Waals surface area contributed by atoms with Crippen molar-refractivity contribution in [3.63, 3.8) is 0 Å². The van der Waals surface area contributed by atoms with Crippen molar-refractivity contribution in [2.45, 2.75) is 12.6 Å². The number of para-hydroxylation sites is 1. The van der Waals surface area contributed by atoms with Crippen LogP contribution in [0.4, 0.5) is 0 Å². The molecule has 1 amide bonds. The molecule has 0 aliphatic carbocycles. The van der Waals surface area contributed by atoms with E-state index >= 15 is 0 Å². The van der Waals surface area contributed by atoms with Crippen LogP contribution in [0.2, 0.25) is 0 Å². The zero-order valence-corrected chi connectivity index (χ0v) is 18.2. The topological polar surface area (TPSA) is 76.8 Å². The Labute approximate surface area is 183 Å². The molecule has 0 radical (unpaired) electrons. The molecule has 1 fully saturated rings. The van der Waals surface area contributed by atoms with Crippen molar-refractivity contribution in [3.05, 3.63) is 58.8 Å². The summed E-state index contributed by atoms with van der Waals surface area (Å²) >= 11 is 1.41. The summed E-state index contributed by atoms with van der Waals surface area (Å²) in [6, 6.07) is 11.8. The first-order valence-corrected chi connectivity index (χ1v) is 11.0. The highest BCUT2D eigenvalue weighted by atomic mass is 32.1. The van der Waals surface area contributed by atoms with E-state index in [4.69, 9.17) is 13.9 Å². The monoisotopic (exact) mass is 437 g/mol. The molecule has 0 bridgehead atoms. The second-order valence-corrected chi connectivity index (χ2v) is 8.47. The first-order valence-electron chi connectivity index (χ1n) is 10.2. The van der Waals surface area contributed by atoms with Gasteiger partial charge in [0.25, 0.3) is 5.91 Å². The summed E-state index contributed by atoms with van der Waals surface area (Å²) in [5, 5.41) is 4.75. The first kappa shape index (κ1) is 20.0. The fourth-order valence-electron chi connectivity index (χ4n) is 4.12. The highest BCUT2D eigenvalue weighted by Gasteiger charge is 2.30. The lowest BCUT2D eigenvalue weighted by Crippen LogP contribution is -2.38. The lowest BCUT2D eigenvalue weighted by Gasteiger charge is -2.32. The fraction of sp³-hybridized carbons (Fsp3) is 0.304. The molecular formula is C23H23N3O4S. The van der Waals surface area contributed by atoms with Gasteiger partial charge in [-0.3, -0.25) is 9.69 Å². The number of hydrogen-bond donors (Lipinski definition) is 1. The van der Waals surface area contributed by atoms with Crippen molar-refractivity contribution in [2.75, 3.05) is 33.9 Å². The molecule has 31 heavy (non-hydrogen) atoms. The molecule has 5 rings (SSSR count). The average Bonchev–Trinajstić information content (AvgIpc) is 3.39. The van der Waals surface area contributed by atoms with Crippen molar-refractivity contribution in [1.82, 2.24) is 15.2 Å². The number of fused-ring (bicyclic) bond motifs is 2. The quantitative estimate of drug-likeness (QED) is 0.509. The van der Waals surface area contributed by atoms with Gasteiger partial charge in [0, 0.05) is 42.7 Å². The number of furan rings is 1. The Bertz CT molecular complexity index is 1250. The molecule has 0 unspecified atom stereocenters. The van der Waals surface area contributed by atoms with Crippen LogP contribution < -0.4 is 10.1 Å². The van der Waals surface area contributed by atoms with E-state index in [2.05, 4.69) is 21.3 Å². The number of amides is 1. The number of thiophene rings is 1. The Balaban J connectivity index is 1.43. The molecule has 1 N–H and O–H groups in total. The van der Waals surface area contributed by atoms with Gasteiger partial charge in [-0.15, -0.1) is 11.3 Å². The number of methoxy groups -OCH3 is 1. The maximum Gasteiger partial charge on any atom is 0.261 e. The number of hydrogen-bond acceptors (Lipinski definition) is 7. The minimum atomic E-state index is -0.210. The number of aromatic nitrogens is 1. The molecule has 4 heterocycles. The molecule has 8 heteroatoms. The number of nitrogens with zero attached hydrogens (tertiary/aromatic N) is 2. The molecular weight excluding hydrogens is 414 g/mol. The lowest BCUT2D eigenvalue weighted by atomic mass is 10.0. The number of ether oxygens (including phenoxy) is 2. The third-order valence-corrected chi connectivity index (χ3v) is 6.70. The summed E-state index contributed by atoms with van der Waals surface area (Å²) < 4.78 is 17.6. The van der Waals surface area contributed by atoms with E-state index in [1.807, 2.05) is 30.3 Å². The van der Waals surface area contributed by atoms with Crippen molar-refractivity contribution in [3.8, 4) is 5.75 Å². The summed E-state index contributed by atoms with van der Waals surface area (Å²) in [6.07, 6.45) is 1.54. The van der Waals surface area contributed by atoms with E-state index in [9.17, 15) is 4.79 Å². The minimum absolute atomic E-state index is 0.108. The summed E-state index contributed by atoms with van der Waals surface area (Å²) in [5.74, 6) is 1.50. The predicted molar refractivity (Wildman–Crippen MR) is 120 cm³/mol. The van der Waals surface area contributed by atoms with Gasteiger partial charge in [-0.1, -0.05) is 18.2 Å². The Kier molecular flexibility index (Phi) is 5.35. The maximum absolute atomic E-state index is 12.6. The maximum atomic E-state index is 12.6. The van der Waals surface area contributed by atoms with Gasteiger partial charge >= 0.3 is 0 Å². The Morgan fingerprint density at radius 3 is 3.10 bits per heavy atom. The molecule has 1 saturated heterocycles. The summed E-state index contributed by atoms with van der Waals surface area (Å²) in [6.45, 7) is 2.70. The minimum Gasteiger partial charge on any atom is -0.493 e. The van der Waals surface area contributed by atoms with Crippen LogP contribution in [0.25, 0.3) is 21.2 Å². The van der Waals surface area contributed by atoms with Gasteiger partial charge in [-0.05, 0) is 18.2 Å². The van der Waals surface area contributed by atoms with Crippen molar-refractivity contribution < 1.29 is 18.7 Å². The smallest absolute Gasteiger partial charge is 0.261 e. The first-order chi connectivity index (χ1) is 15.2. The standard InChI is InChI=1S/C23H23N3O4S/c1-24-22(27)21-19(16-6-4-8-25-23(16)31-21)18-13-26(9-10-29-18)12-15-11-14-5-3-7-17(28-2)20(14)30-15/h3-8,11,18H,9-10,12-13H2,1-2H3,(H,24,27)/t18-/m1/s1. The van der Waals surface area contributed by atoms with Gasteiger partial charge in [-0.25, -0.2) is 4.98 Å². The molecule has 1 atom stereocenters. The molecule has 1 aromatic carbocycles. The third kappa shape index (κ3) is 3.67. The van der Waals surface area contributed by atoms with Crippen molar-refractivity contribution in [2.24, 2.45) is 0 Å².